The number of nitrogens with zero attached hydrogens (tertiary/aromatic N) is 1. The van der Waals surface area contributed by atoms with E-state index in [1.165, 1.54) is 12.1 Å². The first-order valence-electron chi connectivity index (χ1n) is 6.89. The minimum absolute atomic E-state index is 0.0433. The second kappa shape index (κ2) is 8.84. The summed E-state index contributed by atoms with van der Waals surface area (Å²) in [5.41, 5.74) is 3.79. The van der Waals surface area contributed by atoms with Gasteiger partial charge in [-0.05, 0) is 30.3 Å². The first-order chi connectivity index (χ1) is 12.3. The summed E-state index contributed by atoms with van der Waals surface area (Å²) in [7, 11) is 0. The van der Waals surface area contributed by atoms with Gasteiger partial charge in [0.2, 0.25) is 0 Å². The molecule has 0 radical (unpaired) electrons. The number of carbonyl (C=O) groups excluding carboxylic acids is 2. The molecular formula is C15H10BrCl2N3O5. The summed E-state index contributed by atoms with van der Waals surface area (Å²) in [6.07, 6.45) is 0. The number of halogens is 3. The first kappa shape index (κ1) is 20.0. The lowest BCUT2D eigenvalue weighted by atomic mass is 10.2. The average Bonchev–Trinajstić information content (AvgIpc) is 2.59. The maximum absolute atomic E-state index is 11.9. The van der Waals surface area contributed by atoms with E-state index in [0.29, 0.717) is 10.8 Å². The van der Waals surface area contributed by atoms with Crippen molar-refractivity contribution in [3.05, 3.63) is 66.6 Å². The average molecular weight is 463 g/mol. The van der Waals surface area contributed by atoms with Crippen LogP contribution in [-0.4, -0.2) is 23.3 Å². The van der Waals surface area contributed by atoms with Crippen molar-refractivity contribution in [3.63, 3.8) is 0 Å². The summed E-state index contributed by atoms with van der Waals surface area (Å²) < 4.78 is 5.99. The Bertz CT molecular complexity index is 878. The van der Waals surface area contributed by atoms with Crippen molar-refractivity contribution in [1.29, 1.82) is 0 Å². The summed E-state index contributed by atoms with van der Waals surface area (Å²) in [5, 5.41) is 11.0. The van der Waals surface area contributed by atoms with Crippen molar-refractivity contribution in [1.82, 2.24) is 10.9 Å². The van der Waals surface area contributed by atoms with Crippen LogP contribution in [0.2, 0.25) is 10.0 Å². The molecule has 0 aliphatic carbocycles. The topological polar surface area (TPSA) is 111 Å². The Balaban J connectivity index is 1.89. The van der Waals surface area contributed by atoms with E-state index in [1.807, 2.05) is 0 Å². The van der Waals surface area contributed by atoms with Gasteiger partial charge in [0.25, 0.3) is 17.5 Å². The number of ether oxygens (including phenoxy) is 1. The Morgan fingerprint density at radius 1 is 1.12 bits per heavy atom. The third kappa shape index (κ3) is 5.32. The SMILES string of the molecule is O=C(COc1ccc(Br)cc1Cl)NNC(=O)c1ccc(Cl)c([N+](=O)[O-])c1. The van der Waals surface area contributed by atoms with Gasteiger partial charge in [-0.25, -0.2) is 0 Å². The number of hydrazine groups is 1. The van der Waals surface area contributed by atoms with Gasteiger partial charge in [0, 0.05) is 16.1 Å². The highest BCUT2D eigenvalue weighted by atomic mass is 79.9. The fraction of sp³-hybridized carbons (Fsp3) is 0.0667. The van der Waals surface area contributed by atoms with Gasteiger partial charge in [0.05, 0.1) is 9.95 Å². The Kier molecular flexibility index (Phi) is 6.78. The summed E-state index contributed by atoms with van der Waals surface area (Å²) >= 11 is 14.9. The predicted octanol–water partition coefficient (Wildman–Crippen LogP) is 3.50. The van der Waals surface area contributed by atoms with Gasteiger partial charge in [-0.15, -0.1) is 0 Å². The first-order valence-corrected chi connectivity index (χ1v) is 8.44. The Morgan fingerprint density at radius 2 is 1.85 bits per heavy atom. The highest BCUT2D eigenvalue weighted by Gasteiger charge is 2.16. The minimum atomic E-state index is -0.750. The molecule has 11 heteroatoms. The van der Waals surface area contributed by atoms with Crippen LogP contribution >= 0.6 is 39.1 Å². The van der Waals surface area contributed by atoms with Crippen molar-refractivity contribution in [2.75, 3.05) is 6.61 Å². The quantitative estimate of drug-likeness (QED) is 0.521. The van der Waals surface area contributed by atoms with Crippen molar-refractivity contribution < 1.29 is 19.2 Å². The number of amides is 2. The molecule has 0 heterocycles. The van der Waals surface area contributed by atoms with E-state index in [0.717, 1.165) is 10.5 Å². The molecule has 136 valence electrons. The molecule has 0 aliphatic heterocycles. The molecule has 8 nitrogen and oxygen atoms in total. The molecular weight excluding hydrogens is 453 g/mol. The summed E-state index contributed by atoms with van der Waals surface area (Å²) in [5.74, 6) is -1.11. The number of nitro groups is 1. The van der Waals surface area contributed by atoms with Gasteiger partial charge in [-0.3, -0.25) is 30.6 Å². The van der Waals surface area contributed by atoms with Crippen molar-refractivity contribution in [3.8, 4) is 5.75 Å². The van der Waals surface area contributed by atoms with Crippen LogP contribution in [0.4, 0.5) is 5.69 Å². The summed E-state index contributed by atoms with van der Waals surface area (Å²) in [4.78, 5) is 33.8. The third-order valence-corrected chi connectivity index (χ3v) is 4.08. The molecule has 0 atom stereocenters. The van der Waals surface area contributed by atoms with E-state index in [9.17, 15) is 19.7 Å². The fourth-order valence-corrected chi connectivity index (χ4v) is 2.68. The Labute approximate surface area is 165 Å². The van der Waals surface area contributed by atoms with Gasteiger partial charge < -0.3 is 4.74 Å². The largest absolute Gasteiger partial charge is 0.482 e. The van der Waals surface area contributed by atoms with E-state index >= 15 is 0 Å². The molecule has 2 N–H and O–H groups in total. The second-order valence-corrected chi connectivity index (χ2v) is 6.52. The maximum Gasteiger partial charge on any atom is 0.288 e. The number of hydrogen-bond acceptors (Lipinski definition) is 5. The Morgan fingerprint density at radius 3 is 2.50 bits per heavy atom. The standard InChI is InChI=1S/C15H10BrCl2N3O5/c16-9-2-4-13(11(18)6-9)26-7-14(22)19-20-15(23)8-1-3-10(17)12(5-8)21(24)25/h1-6H,7H2,(H,19,22)(H,20,23). The lowest BCUT2D eigenvalue weighted by molar-refractivity contribution is -0.384. The van der Waals surface area contributed by atoms with E-state index in [2.05, 4.69) is 26.8 Å². The number of rotatable bonds is 5. The molecule has 0 bridgehead atoms. The van der Waals surface area contributed by atoms with Crippen LogP contribution in [0.3, 0.4) is 0 Å². The zero-order chi connectivity index (χ0) is 19.3. The van der Waals surface area contributed by atoms with Gasteiger partial charge in [-0.2, -0.15) is 0 Å². The van der Waals surface area contributed by atoms with Gasteiger partial charge >= 0.3 is 0 Å². The third-order valence-electron chi connectivity index (χ3n) is 2.97. The molecule has 0 spiro atoms. The molecule has 0 saturated heterocycles. The normalized spacial score (nSPS) is 10.1. The number of benzene rings is 2. The molecule has 0 unspecified atom stereocenters. The summed E-state index contributed by atoms with van der Waals surface area (Å²) in [6.45, 7) is -0.400. The highest BCUT2D eigenvalue weighted by Crippen LogP contribution is 2.27. The number of hydrogen-bond donors (Lipinski definition) is 2. The number of nitrogens with one attached hydrogen (secondary N) is 2. The smallest absolute Gasteiger partial charge is 0.288 e. The number of nitro benzene ring substituents is 1. The van der Waals surface area contributed by atoms with E-state index in [4.69, 9.17) is 27.9 Å². The van der Waals surface area contributed by atoms with Gasteiger partial charge in [-0.1, -0.05) is 39.1 Å². The van der Waals surface area contributed by atoms with Crippen LogP contribution < -0.4 is 15.6 Å². The molecule has 0 fully saturated rings. The monoisotopic (exact) mass is 461 g/mol. The van der Waals surface area contributed by atoms with Crippen LogP contribution in [0.15, 0.2) is 40.9 Å². The molecule has 2 aromatic rings. The van der Waals surface area contributed by atoms with Crippen molar-refractivity contribution in [2.24, 2.45) is 0 Å². The minimum Gasteiger partial charge on any atom is -0.482 e. The summed E-state index contributed by atoms with van der Waals surface area (Å²) in [6, 6.07) is 8.37. The van der Waals surface area contributed by atoms with Crippen molar-refractivity contribution in [2.45, 2.75) is 0 Å². The van der Waals surface area contributed by atoms with Crippen LogP contribution in [0.5, 0.6) is 5.75 Å². The highest BCUT2D eigenvalue weighted by molar-refractivity contribution is 9.10. The molecule has 26 heavy (non-hydrogen) atoms. The maximum atomic E-state index is 11.9. The van der Waals surface area contributed by atoms with Crippen LogP contribution in [0, 0.1) is 10.1 Å². The van der Waals surface area contributed by atoms with E-state index < -0.39 is 29.0 Å². The molecule has 2 aromatic carbocycles. The number of carbonyl (C=O) groups is 2. The molecule has 0 aliphatic rings. The zero-order valence-corrected chi connectivity index (χ0v) is 15.9. The van der Waals surface area contributed by atoms with Crippen LogP contribution in [0.25, 0.3) is 0 Å². The van der Waals surface area contributed by atoms with E-state index in [1.54, 1.807) is 18.2 Å². The van der Waals surface area contributed by atoms with Gasteiger partial charge in [0.1, 0.15) is 10.8 Å². The lowest BCUT2D eigenvalue weighted by Crippen LogP contribution is -2.43. The molecule has 2 rings (SSSR count). The molecule has 0 saturated carbocycles. The fourth-order valence-electron chi connectivity index (χ4n) is 1.76. The zero-order valence-electron chi connectivity index (χ0n) is 12.8. The van der Waals surface area contributed by atoms with Crippen LogP contribution in [0.1, 0.15) is 10.4 Å². The van der Waals surface area contributed by atoms with E-state index in [-0.39, 0.29) is 10.6 Å². The Hall–Kier alpha value is -2.36. The van der Waals surface area contributed by atoms with Crippen molar-refractivity contribution >= 4 is 56.6 Å². The lowest BCUT2D eigenvalue weighted by Gasteiger charge is -2.10. The van der Waals surface area contributed by atoms with Gasteiger partial charge in [0.15, 0.2) is 6.61 Å². The molecule has 2 amide bonds. The van der Waals surface area contributed by atoms with Crippen LogP contribution in [-0.2, 0) is 4.79 Å². The predicted molar refractivity (Wildman–Crippen MR) is 98.4 cm³/mol. The second-order valence-electron chi connectivity index (χ2n) is 4.79. The molecule has 0 aromatic heterocycles.